The fourth-order valence-electron chi connectivity index (χ4n) is 2.93. The van der Waals surface area contributed by atoms with Crippen LogP contribution in [0.5, 0.6) is 0 Å². The molecule has 3 nitrogen and oxygen atoms in total. The number of thiophene rings is 1. The highest BCUT2D eigenvalue weighted by molar-refractivity contribution is 7.91. The van der Waals surface area contributed by atoms with Gasteiger partial charge in [0.1, 0.15) is 0 Å². The van der Waals surface area contributed by atoms with E-state index in [1.807, 2.05) is 19.1 Å². The molecular formula is C15H19NO2S2. The van der Waals surface area contributed by atoms with Crippen LogP contribution in [0.4, 0.5) is 0 Å². The molecule has 1 aromatic carbocycles. The third-order valence-corrected chi connectivity index (χ3v) is 7.14. The Kier molecular flexibility index (Phi) is 3.39. The molecule has 5 heteroatoms. The molecule has 1 aliphatic heterocycles. The quantitative estimate of drug-likeness (QED) is 0.947. The zero-order valence-corrected chi connectivity index (χ0v) is 13.4. The average molecular weight is 309 g/mol. The second kappa shape index (κ2) is 4.83. The number of fused-ring (bicyclic) bond motifs is 1. The molecular weight excluding hydrogens is 290 g/mol. The minimum absolute atomic E-state index is 0.172. The Morgan fingerprint density at radius 3 is 2.75 bits per heavy atom. The van der Waals surface area contributed by atoms with E-state index in [1.165, 1.54) is 15.0 Å². The van der Waals surface area contributed by atoms with Crippen LogP contribution in [0.3, 0.4) is 0 Å². The van der Waals surface area contributed by atoms with Gasteiger partial charge in [0.25, 0.3) is 0 Å². The Morgan fingerprint density at radius 2 is 2.10 bits per heavy atom. The van der Waals surface area contributed by atoms with Crippen molar-refractivity contribution < 1.29 is 8.42 Å². The molecule has 3 rings (SSSR count). The molecule has 108 valence electrons. The first-order valence-corrected chi connectivity index (χ1v) is 9.47. The van der Waals surface area contributed by atoms with Crippen molar-refractivity contribution in [2.24, 2.45) is 0 Å². The fourth-order valence-corrected chi connectivity index (χ4v) is 6.11. The molecule has 1 saturated heterocycles. The second-order valence-electron chi connectivity index (χ2n) is 5.96. The highest BCUT2D eigenvalue weighted by Crippen LogP contribution is 2.32. The van der Waals surface area contributed by atoms with Crippen molar-refractivity contribution in [1.29, 1.82) is 0 Å². The van der Waals surface area contributed by atoms with Crippen LogP contribution in [-0.2, 0) is 9.84 Å². The van der Waals surface area contributed by atoms with Gasteiger partial charge in [-0.2, -0.15) is 0 Å². The second-order valence-corrected chi connectivity index (χ2v) is 9.25. The van der Waals surface area contributed by atoms with Gasteiger partial charge in [-0.05, 0) is 37.8 Å². The summed E-state index contributed by atoms with van der Waals surface area (Å²) in [6.45, 7) is 4.13. The van der Waals surface area contributed by atoms with Gasteiger partial charge in [0.15, 0.2) is 9.84 Å². The van der Waals surface area contributed by atoms with Crippen molar-refractivity contribution >= 4 is 31.3 Å². The van der Waals surface area contributed by atoms with Crippen LogP contribution in [0.15, 0.2) is 30.3 Å². The number of hydrogen-bond acceptors (Lipinski definition) is 4. The van der Waals surface area contributed by atoms with E-state index >= 15 is 0 Å². The van der Waals surface area contributed by atoms with Crippen LogP contribution in [0, 0.1) is 0 Å². The molecule has 2 heterocycles. The van der Waals surface area contributed by atoms with Crippen molar-refractivity contribution in [3.8, 4) is 0 Å². The molecule has 0 aliphatic carbocycles. The molecule has 2 aromatic rings. The number of nitrogens with one attached hydrogen (secondary N) is 1. The van der Waals surface area contributed by atoms with Crippen LogP contribution in [-0.4, -0.2) is 25.5 Å². The zero-order valence-electron chi connectivity index (χ0n) is 11.7. The van der Waals surface area contributed by atoms with Crippen LogP contribution in [0.1, 0.15) is 31.2 Å². The number of hydrogen-bond donors (Lipinski definition) is 1. The Morgan fingerprint density at radius 1 is 1.35 bits per heavy atom. The predicted molar refractivity (Wildman–Crippen MR) is 85.1 cm³/mol. The summed E-state index contributed by atoms with van der Waals surface area (Å²) in [6.07, 6.45) is 0.699. The lowest BCUT2D eigenvalue weighted by Crippen LogP contribution is -2.44. The molecule has 0 amide bonds. The Hall–Kier alpha value is -0.910. The summed E-state index contributed by atoms with van der Waals surface area (Å²) >= 11 is 1.78. The topological polar surface area (TPSA) is 46.2 Å². The fraction of sp³-hybridized carbons (Fsp3) is 0.467. The van der Waals surface area contributed by atoms with Gasteiger partial charge >= 0.3 is 0 Å². The van der Waals surface area contributed by atoms with Crippen LogP contribution >= 0.6 is 11.3 Å². The lowest BCUT2D eigenvalue weighted by molar-refractivity contribution is 0.358. The standard InChI is InChI=1S/C15H19NO2S2/c1-11(16-15(2)7-8-20(17,18)10-15)14-9-12-5-3-4-6-13(12)19-14/h3-6,9,11,16H,7-8,10H2,1-2H3. The third kappa shape index (κ3) is 2.75. The van der Waals surface area contributed by atoms with Crippen molar-refractivity contribution in [1.82, 2.24) is 5.32 Å². The van der Waals surface area contributed by atoms with Crippen LogP contribution in [0.2, 0.25) is 0 Å². The average Bonchev–Trinajstić information content (AvgIpc) is 2.90. The molecule has 1 N–H and O–H groups in total. The van der Waals surface area contributed by atoms with Crippen LogP contribution < -0.4 is 5.32 Å². The highest BCUT2D eigenvalue weighted by atomic mass is 32.2. The van der Waals surface area contributed by atoms with Crippen molar-refractivity contribution in [3.05, 3.63) is 35.2 Å². The molecule has 0 bridgehead atoms. The molecule has 1 aliphatic rings. The normalized spacial score (nSPS) is 26.9. The van der Waals surface area contributed by atoms with E-state index in [1.54, 1.807) is 11.3 Å². The SMILES string of the molecule is CC(NC1(C)CCS(=O)(=O)C1)c1cc2ccccc2s1. The smallest absolute Gasteiger partial charge is 0.152 e. The first kappa shape index (κ1) is 14.0. The van der Waals surface area contributed by atoms with Gasteiger partial charge in [0, 0.05) is 21.2 Å². The van der Waals surface area contributed by atoms with Gasteiger partial charge in [0.2, 0.25) is 0 Å². The maximum atomic E-state index is 11.7. The summed E-state index contributed by atoms with van der Waals surface area (Å²) < 4.78 is 24.6. The molecule has 0 spiro atoms. The first-order valence-electron chi connectivity index (χ1n) is 6.84. The van der Waals surface area contributed by atoms with Crippen molar-refractivity contribution in [2.45, 2.75) is 31.8 Å². The monoisotopic (exact) mass is 309 g/mol. The first-order chi connectivity index (χ1) is 9.37. The van der Waals surface area contributed by atoms with E-state index in [4.69, 9.17) is 0 Å². The van der Waals surface area contributed by atoms with Gasteiger partial charge in [-0.1, -0.05) is 18.2 Å². The molecule has 1 fully saturated rings. The van der Waals surface area contributed by atoms with E-state index in [0.717, 1.165) is 0 Å². The Bertz CT molecular complexity index is 702. The Labute approximate surface area is 123 Å². The number of benzene rings is 1. The number of sulfone groups is 1. The van der Waals surface area contributed by atoms with Crippen molar-refractivity contribution in [2.75, 3.05) is 11.5 Å². The van der Waals surface area contributed by atoms with E-state index in [0.29, 0.717) is 12.2 Å². The summed E-state index contributed by atoms with van der Waals surface area (Å²) in [5.74, 6) is 0.546. The zero-order chi connectivity index (χ0) is 14.4. The summed E-state index contributed by atoms with van der Waals surface area (Å²) in [5, 5.41) is 4.77. The molecule has 2 unspecified atom stereocenters. The molecule has 1 aromatic heterocycles. The van der Waals surface area contributed by atoms with E-state index in [-0.39, 0.29) is 17.3 Å². The minimum atomic E-state index is -2.87. The summed E-state index contributed by atoms with van der Waals surface area (Å²) in [6, 6.07) is 10.7. The highest BCUT2D eigenvalue weighted by Gasteiger charge is 2.39. The molecule has 0 saturated carbocycles. The summed E-state index contributed by atoms with van der Waals surface area (Å²) in [4.78, 5) is 1.26. The summed E-state index contributed by atoms with van der Waals surface area (Å²) in [7, 11) is -2.87. The third-order valence-electron chi connectivity index (χ3n) is 3.94. The van der Waals surface area contributed by atoms with Gasteiger partial charge in [0.05, 0.1) is 11.5 Å². The predicted octanol–water partition coefficient (Wildman–Crippen LogP) is 3.13. The lowest BCUT2D eigenvalue weighted by atomic mass is 10.0. The number of rotatable bonds is 3. The summed E-state index contributed by atoms with van der Waals surface area (Å²) in [5.41, 5.74) is -0.297. The minimum Gasteiger partial charge on any atom is -0.303 e. The maximum absolute atomic E-state index is 11.7. The van der Waals surface area contributed by atoms with E-state index < -0.39 is 9.84 Å². The van der Waals surface area contributed by atoms with Gasteiger partial charge < -0.3 is 5.32 Å². The van der Waals surface area contributed by atoms with E-state index in [2.05, 4.69) is 30.4 Å². The van der Waals surface area contributed by atoms with Gasteiger partial charge in [-0.25, -0.2) is 8.42 Å². The lowest BCUT2D eigenvalue weighted by Gasteiger charge is -2.28. The molecule has 2 atom stereocenters. The van der Waals surface area contributed by atoms with Crippen LogP contribution in [0.25, 0.3) is 10.1 Å². The largest absolute Gasteiger partial charge is 0.303 e. The van der Waals surface area contributed by atoms with Crippen molar-refractivity contribution in [3.63, 3.8) is 0 Å². The van der Waals surface area contributed by atoms with E-state index in [9.17, 15) is 8.42 Å². The molecule has 20 heavy (non-hydrogen) atoms. The van der Waals surface area contributed by atoms with Gasteiger partial charge in [-0.15, -0.1) is 11.3 Å². The maximum Gasteiger partial charge on any atom is 0.152 e. The molecule has 0 radical (unpaired) electrons. The Balaban J connectivity index is 1.81. The van der Waals surface area contributed by atoms with Gasteiger partial charge in [-0.3, -0.25) is 0 Å².